The standard InChI is InChI=1S/C16H18IN3O2/c1-22-9-8-19-16(21)14-10-12(18)4-7-15(14)20-13-5-2-11(17)3-6-13/h2-7,10,20H,8-9,18H2,1H3,(H,19,21). The highest BCUT2D eigenvalue weighted by atomic mass is 127. The molecular weight excluding hydrogens is 393 g/mol. The monoisotopic (exact) mass is 411 g/mol. The largest absolute Gasteiger partial charge is 0.399 e. The molecule has 0 aliphatic rings. The van der Waals surface area contributed by atoms with Crippen LogP contribution in [0.4, 0.5) is 17.1 Å². The third-order valence-corrected chi connectivity index (χ3v) is 3.72. The summed E-state index contributed by atoms with van der Waals surface area (Å²) in [5.74, 6) is -0.183. The molecule has 22 heavy (non-hydrogen) atoms. The summed E-state index contributed by atoms with van der Waals surface area (Å²) in [5, 5.41) is 6.05. The zero-order valence-corrected chi connectivity index (χ0v) is 14.4. The second-order valence-electron chi connectivity index (χ2n) is 4.69. The van der Waals surface area contributed by atoms with Gasteiger partial charge in [-0.2, -0.15) is 0 Å². The van der Waals surface area contributed by atoms with Crippen LogP contribution in [0, 0.1) is 3.57 Å². The highest BCUT2D eigenvalue weighted by Gasteiger charge is 2.12. The average molecular weight is 411 g/mol. The average Bonchev–Trinajstić information content (AvgIpc) is 2.51. The van der Waals surface area contributed by atoms with Crippen LogP contribution >= 0.6 is 22.6 Å². The molecule has 0 aliphatic heterocycles. The van der Waals surface area contributed by atoms with Crippen LogP contribution in [0.15, 0.2) is 42.5 Å². The zero-order chi connectivity index (χ0) is 15.9. The van der Waals surface area contributed by atoms with Crippen LogP contribution in [0.1, 0.15) is 10.4 Å². The molecule has 0 unspecified atom stereocenters. The summed E-state index contributed by atoms with van der Waals surface area (Å²) in [7, 11) is 1.59. The van der Waals surface area contributed by atoms with Crippen molar-refractivity contribution < 1.29 is 9.53 Å². The Balaban J connectivity index is 2.19. The summed E-state index contributed by atoms with van der Waals surface area (Å²) in [6.07, 6.45) is 0. The summed E-state index contributed by atoms with van der Waals surface area (Å²) in [6, 6.07) is 13.2. The summed E-state index contributed by atoms with van der Waals surface area (Å²) in [5.41, 5.74) is 8.48. The van der Waals surface area contributed by atoms with Gasteiger partial charge in [-0.05, 0) is 65.1 Å². The third kappa shape index (κ3) is 4.60. The first kappa shape index (κ1) is 16.6. The van der Waals surface area contributed by atoms with E-state index in [2.05, 4.69) is 33.2 Å². The Morgan fingerprint density at radius 2 is 1.95 bits per heavy atom. The fraction of sp³-hybridized carbons (Fsp3) is 0.188. The lowest BCUT2D eigenvalue weighted by Gasteiger charge is -2.13. The van der Waals surface area contributed by atoms with E-state index in [1.54, 1.807) is 25.3 Å². The molecule has 1 amide bonds. The number of methoxy groups -OCH3 is 1. The molecule has 6 heteroatoms. The first-order chi connectivity index (χ1) is 10.6. The summed E-state index contributed by atoms with van der Waals surface area (Å²) < 4.78 is 6.08. The number of halogens is 1. The van der Waals surface area contributed by atoms with Gasteiger partial charge in [0.1, 0.15) is 0 Å². The fourth-order valence-corrected chi connectivity index (χ4v) is 2.27. The Labute approximate surface area is 143 Å². The molecule has 4 N–H and O–H groups in total. The lowest BCUT2D eigenvalue weighted by molar-refractivity contribution is 0.0938. The van der Waals surface area contributed by atoms with Crippen molar-refractivity contribution in [3.63, 3.8) is 0 Å². The number of amides is 1. The second kappa shape index (κ2) is 8.00. The lowest BCUT2D eigenvalue weighted by atomic mass is 10.1. The summed E-state index contributed by atoms with van der Waals surface area (Å²) in [6.45, 7) is 0.918. The van der Waals surface area contributed by atoms with Crippen LogP contribution in [-0.4, -0.2) is 26.2 Å². The fourth-order valence-electron chi connectivity index (χ4n) is 1.91. The quantitative estimate of drug-likeness (QED) is 0.388. The SMILES string of the molecule is COCCNC(=O)c1cc(N)ccc1Nc1ccc(I)cc1. The van der Waals surface area contributed by atoms with Gasteiger partial charge >= 0.3 is 0 Å². The molecule has 0 bridgehead atoms. The second-order valence-corrected chi connectivity index (χ2v) is 5.93. The van der Waals surface area contributed by atoms with Crippen molar-refractivity contribution in [3.8, 4) is 0 Å². The van der Waals surface area contributed by atoms with Gasteiger partial charge in [-0.3, -0.25) is 4.79 Å². The molecular formula is C16H18IN3O2. The number of ether oxygens (including phenoxy) is 1. The van der Waals surface area contributed by atoms with Gasteiger partial charge in [0.2, 0.25) is 0 Å². The van der Waals surface area contributed by atoms with Gasteiger partial charge in [0.25, 0.3) is 5.91 Å². The van der Waals surface area contributed by atoms with Gasteiger partial charge in [-0.15, -0.1) is 0 Å². The van der Waals surface area contributed by atoms with Crippen molar-refractivity contribution in [2.45, 2.75) is 0 Å². The number of carbonyl (C=O) groups is 1. The number of rotatable bonds is 6. The number of nitrogens with two attached hydrogens (primary N) is 1. The van der Waals surface area contributed by atoms with E-state index < -0.39 is 0 Å². The van der Waals surface area contributed by atoms with Gasteiger partial charge in [0, 0.05) is 28.6 Å². The molecule has 0 aliphatic carbocycles. The highest BCUT2D eigenvalue weighted by Crippen LogP contribution is 2.23. The van der Waals surface area contributed by atoms with Crippen LogP contribution in [-0.2, 0) is 4.74 Å². The molecule has 2 rings (SSSR count). The molecule has 2 aromatic carbocycles. The first-order valence-corrected chi connectivity index (χ1v) is 7.87. The van der Waals surface area contributed by atoms with Crippen LogP contribution < -0.4 is 16.4 Å². The number of hydrogen-bond acceptors (Lipinski definition) is 4. The minimum atomic E-state index is -0.183. The molecule has 2 aromatic rings. The molecule has 0 atom stereocenters. The van der Waals surface area contributed by atoms with Gasteiger partial charge in [0.05, 0.1) is 17.9 Å². The molecule has 0 heterocycles. The molecule has 0 fully saturated rings. The smallest absolute Gasteiger partial charge is 0.253 e. The number of carbonyl (C=O) groups excluding carboxylic acids is 1. The van der Waals surface area contributed by atoms with Gasteiger partial charge < -0.3 is 21.1 Å². The Hall–Kier alpha value is -1.80. The normalized spacial score (nSPS) is 10.3. The first-order valence-electron chi connectivity index (χ1n) is 6.79. The van der Waals surface area contributed by atoms with E-state index >= 15 is 0 Å². The zero-order valence-electron chi connectivity index (χ0n) is 12.2. The predicted molar refractivity (Wildman–Crippen MR) is 97.5 cm³/mol. The Morgan fingerprint density at radius 3 is 2.64 bits per heavy atom. The van der Waals surface area contributed by atoms with Crippen molar-refractivity contribution in [2.75, 3.05) is 31.3 Å². The van der Waals surface area contributed by atoms with E-state index in [1.807, 2.05) is 24.3 Å². The maximum Gasteiger partial charge on any atom is 0.253 e. The predicted octanol–water partition coefficient (Wildman–Crippen LogP) is 2.99. The minimum absolute atomic E-state index is 0.183. The number of benzene rings is 2. The van der Waals surface area contributed by atoms with Crippen molar-refractivity contribution in [2.24, 2.45) is 0 Å². The highest BCUT2D eigenvalue weighted by molar-refractivity contribution is 14.1. The molecule has 5 nitrogen and oxygen atoms in total. The van der Waals surface area contributed by atoms with Gasteiger partial charge in [-0.25, -0.2) is 0 Å². The minimum Gasteiger partial charge on any atom is -0.399 e. The Kier molecular flexibility index (Phi) is 6.02. The van der Waals surface area contributed by atoms with E-state index in [4.69, 9.17) is 10.5 Å². The molecule has 0 aromatic heterocycles. The summed E-state index contributed by atoms with van der Waals surface area (Å²) >= 11 is 2.25. The van der Waals surface area contributed by atoms with Gasteiger partial charge in [-0.1, -0.05) is 0 Å². The van der Waals surface area contributed by atoms with E-state index in [0.29, 0.717) is 30.1 Å². The van der Waals surface area contributed by atoms with Gasteiger partial charge in [0.15, 0.2) is 0 Å². The number of hydrogen-bond donors (Lipinski definition) is 3. The van der Waals surface area contributed by atoms with Crippen LogP contribution in [0.3, 0.4) is 0 Å². The Morgan fingerprint density at radius 1 is 1.23 bits per heavy atom. The van der Waals surface area contributed by atoms with Crippen molar-refractivity contribution >= 4 is 45.6 Å². The molecule has 116 valence electrons. The Bertz CT molecular complexity index is 644. The van der Waals surface area contributed by atoms with Crippen LogP contribution in [0.2, 0.25) is 0 Å². The van der Waals surface area contributed by atoms with E-state index in [0.717, 1.165) is 9.26 Å². The molecule has 0 radical (unpaired) electrons. The number of nitrogens with one attached hydrogen (secondary N) is 2. The van der Waals surface area contributed by atoms with Crippen molar-refractivity contribution in [1.82, 2.24) is 5.32 Å². The van der Waals surface area contributed by atoms with Crippen molar-refractivity contribution in [3.05, 3.63) is 51.6 Å². The molecule has 0 saturated carbocycles. The lowest BCUT2D eigenvalue weighted by Crippen LogP contribution is -2.27. The summed E-state index contributed by atoms with van der Waals surface area (Å²) in [4.78, 5) is 12.3. The van der Waals surface area contributed by atoms with E-state index in [1.165, 1.54) is 0 Å². The maximum absolute atomic E-state index is 12.3. The topological polar surface area (TPSA) is 76.4 Å². The molecule has 0 saturated heterocycles. The van der Waals surface area contributed by atoms with Crippen LogP contribution in [0.5, 0.6) is 0 Å². The number of nitrogen functional groups attached to an aromatic ring is 1. The van der Waals surface area contributed by atoms with Crippen LogP contribution in [0.25, 0.3) is 0 Å². The van der Waals surface area contributed by atoms with E-state index in [9.17, 15) is 4.79 Å². The van der Waals surface area contributed by atoms with E-state index in [-0.39, 0.29) is 5.91 Å². The van der Waals surface area contributed by atoms with Crippen molar-refractivity contribution in [1.29, 1.82) is 0 Å². The number of anilines is 3. The molecule has 0 spiro atoms. The maximum atomic E-state index is 12.3. The third-order valence-electron chi connectivity index (χ3n) is 3.00.